The molecule has 0 atom stereocenters. The van der Waals surface area contributed by atoms with E-state index in [1.165, 1.54) is 6.33 Å². The number of anilines is 2. The Kier molecular flexibility index (Phi) is 4.81. The van der Waals surface area contributed by atoms with Gasteiger partial charge in [0.1, 0.15) is 6.33 Å². The largest absolute Gasteiger partial charge is 0.367 e. The first kappa shape index (κ1) is 16.5. The van der Waals surface area contributed by atoms with Gasteiger partial charge in [-0.05, 0) is 24.6 Å². The number of aromatic nitrogens is 2. The van der Waals surface area contributed by atoms with E-state index in [1.54, 1.807) is 12.1 Å². The highest BCUT2D eigenvalue weighted by Gasteiger charge is 2.23. The topological polar surface area (TPSA) is 56.1 Å². The van der Waals surface area contributed by atoms with E-state index in [0.717, 1.165) is 5.69 Å². The molecule has 1 saturated heterocycles. The highest BCUT2D eigenvalue weighted by atomic mass is 35.5. The minimum absolute atomic E-state index is 0.329. The van der Waals surface area contributed by atoms with Crippen LogP contribution in [0.25, 0.3) is 0 Å². The van der Waals surface area contributed by atoms with E-state index >= 15 is 0 Å². The molecule has 0 saturated carbocycles. The van der Waals surface area contributed by atoms with Gasteiger partial charge in [0.05, 0.1) is 28.0 Å². The Morgan fingerprint density at radius 2 is 1.92 bits per heavy atom. The molecule has 0 spiro atoms. The van der Waals surface area contributed by atoms with Gasteiger partial charge in [-0.1, -0.05) is 18.5 Å². The van der Waals surface area contributed by atoms with E-state index in [4.69, 9.17) is 16.9 Å². The van der Waals surface area contributed by atoms with Gasteiger partial charge in [0, 0.05) is 26.2 Å². The molecule has 24 heavy (non-hydrogen) atoms. The fraction of sp³-hybridized carbons (Fsp3) is 0.353. The molecule has 0 bridgehead atoms. The van der Waals surface area contributed by atoms with Crippen LogP contribution in [0.2, 0.25) is 5.02 Å². The molecule has 7 heteroatoms. The van der Waals surface area contributed by atoms with Crippen LogP contribution in [0.4, 0.5) is 15.9 Å². The molecule has 1 aromatic carbocycles. The lowest BCUT2D eigenvalue weighted by atomic mass is 10.2. The van der Waals surface area contributed by atoms with Crippen LogP contribution in [0, 0.1) is 17.1 Å². The highest BCUT2D eigenvalue weighted by Crippen LogP contribution is 2.28. The van der Waals surface area contributed by atoms with E-state index in [-0.39, 0.29) is 5.82 Å². The summed E-state index contributed by atoms with van der Waals surface area (Å²) in [4.78, 5) is 12.2. The van der Waals surface area contributed by atoms with Gasteiger partial charge < -0.3 is 9.80 Å². The molecule has 1 aliphatic rings. The zero-order valence-corrected chi connectivity index (χ0v) is 14.1. The molecule has 1 fully saturated rings. The number of nitriles is 1. The molecule has 0 N–H and O–H groups in total. The van der Waals surface area contributed by atoms with Crippen LogP contribution >= 0.6 is 11.6 Å². The van der Waals surface area contributed by atoms with Gasteiger partial charge in [-0.2, -0.15) is 5.26 Å². The zero-order valence-electron chi connectivity index (χ0n) is 13.3. The molecule has 0 radical (unpaired) electrons. The van der Waals surface area contributed by atoms with Crippen LogP contribution in [0.3, 0.4) is 0 Å². The number of benzene rings is 1. The summed E-state index contributed by atoms with van der Waals surface area (Å²) < 4.78 is 14.4. The first-order chi connectivity index (χ1) is 11.6. The fourth-order valence-corrected chi connectivity index (χ4v) is 3.15. The summed E-state index contributed by atoms with van der Waals surface area (Å²) in [6, 6.07) is 7.36. The average Bonchev–Trinajstić information content (AvgIpc) is 2.62. The second-order valence-corrected chi connectivity index (χ2v) is 5.97. The van der Waals surface area contributed by atoms with Gasteiger partial charge in [0.25, 0.3) is 0 Å². The minimum Gasteiger partial charge on any atom is -0.367 e. The number of piperazine rings is 1. The monoisotopic (exact) mass is 345 g/mol. The van der Waals surface area contributed by atoms with Crippen LogP contribution in [0.15, 0.2) is 24.5 Å². The van der Waals surface area contributed by atoms with Crippen LogP contribution in [-0.2, 0) is 6.42 Å². The van der Waals surface area contributed by atoms with E-state index in [0.29, 0.717) is 54.7 Å². The van der Waals surface area contributed by atoms with Gasteiger partial charge in [-0.25, -0.2) is 14.4 Å². The number of hydrogen-bond donors (Lipinski definition) is 0. The molecule has 2 heterocycles. The summed E-state index contributed by atoms with van der Waals surface area (Å²) in [5, 5.41) is 9.48. The first-order valence-electron chi connectivity index (χ1n) is 7.83. The van der Waals surface area contributed by atoms with Crippen molar-refractivity contribution >= 4 is 23.1 Å². The molecule has 1 aliphatic heterocycles. The predicted molar refractivity (Wildman–Crippen MR) is 92.0 cm³/mol. The number of rotatable bonds is 3. The highest BCUT2D eigenvalue weighted by molar-refractivity contribution is 6.33. The molecule has 3 rings (SSSR count). The van der Waals surface area contributed by atoms with E-state index in [9.17, 15) is 4.39 Å². The Morgan fingerprint density at radius 1 is 1.21 bits per heavy atom. The van der Waals surface area contributed by atoms with Gasteiger partial charge in [0.15, 0.2) is 11.6 Å². The summed E-state index contributed by atoms with van der Waals surface area (Å²) in [5.41, 5.74) is 1.88. The normalized spacial score (nSPS) is 14.6. The molecule has 124 valence electrons. The Hall–Kier alpha value is -2.39. The second kappa shape index (κ2) is 7.02. The van der Waals surface area contributed by atoms with Gasteiger partial charge >= 0.3 is 0 Å². The van der Waals surface area contributed by atoms with Crippen LogP contribution in [0.1, 0.15) is 18.2 Å². The van der Waals surface area contributed by atoms with Crippen LogP contribution in [-0.4, -0.2) is 36.1 Å². The summed E-state index contributed by atoms with van der Waals surface area (Å²) in [5.74, 6) is 0.0391. The number of nitrogens with zero attached hydrogens (tertiary/aromatic N) is 5. The van der Waals surface area contributed by atoms with Crippen molar-refractivity contribution in [1.82, 2.24) is 9.97 Å². The van der Waals surface area contributed by atoms with Crippen molar-refractivity contribution in [1.29, 1.82) is 5.26 Å². The van der Waals surface area contributed by atoms with Crippen LogP contribution < -0.4 is 9.80 Å². The Morgan fingerprint density at radius 3 is 2.54 bits per heavy atom. The fourth-order valence-electron chi connectivity index (χ4n) is 2.85. The summed E-state index contributed by atoms with van der Waals surface area (Å²) >= 11 is 6.27. The maximum Gasteiger partial charge on any atom is 0.187 e. The zero-order chi connectivity index (χ0) is 17.1. The number of hydrogen-bond acceptors (Lipinski definition) is 5. The van der Waals surface area contributed by atoms with Gasteiger partial charge in [-0.3, -0.25) is 0 Å². The first-order valence-corrected chi connectivity index (χ1v) is 8.20. The molecule has 2 aromatic rings. The van der Waals surface area contributed by atoms with Gasteiger partial charge in [0.2, 0.25) is 0 Å². The summed E-state index contributed by atoms with van der Waals surface area (Å²) in [6.45, 7) is 4.58. The Bertz CT molecular complexity index is 781. The van der Waals surface area contributed by atoms with E-state index < -0.39 is 0 Å². The van der Waals surface area contributed by atoms with Crippen molar-refractivity contribution in [3.63, 3.8) is 0 Å². The summed E-state index contributed by atoms with van der Waals surface area (Å²) in [7, 11) is 0. The van der Waals surface area contributed by atoms with E-state index in [1.807, 2.05) is 17.9 Å². The number of aryl methyl sites for hydroxylation is 1. The molecule has 5 nitrogen and oxygen atoms in total. The lowest BCUT2D eigenvalue weighted by Gasteiger charge is -2.37. The average molecular weight is 346 g/mol. The Labute approximate surface area is 145 Å². The SMILES string of the molecule is CCc1ncnc(N2CCN(c3ccc(C#N)cc3Cl)CC2)c1F. The summed E-state index contributed by atoms with van der Waals surface area (Å²) in [6.07, 6.45) is 1.96. The van der Waals surface area contributed by atoms with Crippen molar-refractivity contribution in [2.75, 3.05) is 36.0 Å². The third-order valence-corrected chi connectivity index (χ3v) is 4.48. The van der Waals surface area contributed by atoms with Crippen molar-refractivity contribution in [3.8, 4) is 6.07 Å². The lowest BCUT2D eigenvalue weighted by Crippen LogP contribution is -2.47. The maximum absolute atomic E-state index is 14.4. The molecule has 0 aliphatic carbocycles. The smallest absolute Gasteiger partial charge is 0.187 e. The second-order valence-electron chi connectivity index (χ2n) is 5.56. The molecule has 0 unspecified atom stereocenters. The maximum atomic E-state index is 14.4. The third-order valence-electron chi connectivity index (χ3n) is 4.17. The quantitative estimate of drug-likeness (QED) is 0.855. The van der Waals surface area contributed by atoms with Crippen molar-refractivity contribution in [3.05, 3.63) is 46.6 Å². The van der Waals surface area contributed by atoms with Crippen LogP contribution in [0.5, 0.6) is 0 Å². The van der Waals surface area contributed by atoms with E-state index in [2.05, 4.69) is 20.9 Å². The third kappa shape index (κ3) is 3.13. The Balaban J connectivity index is 1.74. The minimum atomic E-state index is -0.329. The predicted octanol–water partition coefficient (Wildman–Crippen LogP) is 3.03. The molecule has 1 aromatic heterocycles. The van der Waals surface area contributed by atoms with Gasteiger partial charge in [-0.15, -0.1) is 0 Å². The van der Waals surface area contributed by atoms with Crippen molar-refractivity contribution < 1.29 is 4.39 Å². The molecule has 0 amide bonds. The molecular weight excluding hydrogens is 329 g/mol. The number of halogens is 2. The lowest BCUT2D eigenvalue weighted by molar-refractivity contribution is 0.569. The standard InChI is InChI=1S/C17H17ClFN5/c1-2-14-16(19)17(22-11-21-14)24-7-5-23(6-8-24)15-4-3-12(10-20)9-13(15)18/h3-4,9,11H,2,5-8H2,1H3. The van der Waals surface area contributed by atoms with Crippen molar-refractivity contribution in [2.45, 2.75) is 13.3 Å². The molecular formula is C17H17ClFN5. The van der Waals surface area contributed by atoms with Crippen molar-refractivity contribution in [2.24, 2.45) is 0 Å².